The number of guanidine groups is 1. The van der Waals surface area contributed by atoms with Crippen molar-refractivity contribution in [1.82, 2.24) is 15.6 Å². The number of aliphatic imine (C=N–C) groups is 1. The molecule has 1 aromatic heterocycles. The largest absolute Gasteiger partial charge is 0.376 e. The third-order valence-electron chi connectivity index (χ3n) is 4.09. The Kier molecular flexibility index (Phi) is 11.5. The van der Waals surface area contributed by atoms with Crippen molar-refractivity contribution in [3.05, 3.63) is 59.8 Å². The number of halogens is 1. The topological polar surface area (TPSA) is 61.8 Å². The minimum atomic E-state index is 0. The molecule has 7 heteroatoms. The molecule has 1 aromatic carbocycles. The van der Waals surface area contributed by atoms with E-state index in [4.69, 9.17) is 4.74 Å². The number of rotatable bonds is 9. The van der Waals surface area contributed by atoms with Crippen LogP contribution in [0.4, 0.5) is 5.82 Å². The molecule has 0 aliphatic carbocycles. The number of hydrogen-bond donors (Lipinski definition) is 2. The minimum Gasteiger partial charge on any atom is -0.376 e. The Morgan fingerprint density at radius 2 is 1.89 bits per heavy atom. The van der Waals surface area contributed by atoms with Crippen molar-refractivity contribution in [2.45, 2.75) is 20.1 Å². The fourth-order valence-corrected chi connectivity index (χ4v) is 2.65. The number of ether oxygens (including phenoxy) is 1. The fourth-order valence-electron chi connectivity index (χ4n) is 2.65. The van der Waals surface area contributed by atoms with Gasteiger partial charge in [-0.15, -0.1) is 24.0 Å². The van der Waals surface area contributed by atoms with Crippen LogP contribution >= 0.6 is 24.0 Å². The second-order valence-electron chi connectivity index (χ2n) is 6.79. The molecule has 6 nitrogen and oxygen atoms in total. The van der Waals surface area contributed by atoms with Crippen LogP contribution in [0.2, 0.25) is 0 Å². The lowest BCUT2D eigenvalue weighted by Crippen LogP contribution is -2.39. The van der Waals surface area contributed by atoms with Gasteiger partial charge in [0.15, 0.2) is 5.96 Å². The lowest BCUT2D eigenvalue weighted by atomic mass is 10.2. The van der Waals surface area contributed by atoms with Gasteiger partial charge < -0.3 is 20.3 Å². The molecule has 154 valence electrons. The van der Waals surface area contributed by atoms with E-state index in [9.17, 15) is 0 Å². The van der Waals surface area contributed by atoms with E-state index in [0.29, 0.717) is 25.7 Å². The first kappa shape index (κ1) is 24.2. The van der Waals surface area contributed by atoms with E-state index in [2.05, 4.69) is 45.7 Å². The average molecular weight is 497 g/mol. The van der Waals surface area contributed by atoms with Gasteiger partial charge in [0.2, 0.25) is 0 Å². The molecule has 28 heavy (non-hydrogen) atoms. The third kappa shape index (κ3) is 8.43. The highest BCUT2D eigenvalue weighted by Crippen LogP contribution is 2.13. The summed E-state index contributed by atoms with van der Waals surface area (Å²) >= 11 is 0. The zero-order valence-corrected chi connectivity index (χ0v) is 19.5. The van der Waals surface area contributed by atoms with Gasteiger partial charge in [0.1, 0.15) is 5.82 Å². The van der Waals surface area contributed by atoms with Gasteiger partial charge in [-0.3, -0.25) is 4.99 Å². The van der Waals surface area contributed by atoms with Gasteiger partial charge in [0, 0.05) is 46.0 Å². The Hall–Kier alpha value is -1.87. The summed E-state index contributed by atoms with van der Waals surface area (Å²) in [6.45, 7) is 4.97. The van der Waals surface area contributed by atoms with Gasteiger partial charge in [-0.2, -0.15) is 0 Å². The smallest absolute Gasteiger partial charge is 0.191 e. The van der Waals surface area contributed by atoms with Crippen LogP contribution in [0, 0.1) is 5.92 Å². The zero-order valence-electron chi connectivity index (χ0n) is 17.2. The van der Waals surface area contributed by atoms with Crippen molar-refractivity contribution in [2.75, 3.05) is 39.2 Å². The van der Waals surface area contributed by atoms with Crippen molar-refractivity contribution in [1.29, 1.82) is 0 Å². The average Bonchev–Trinajstić information content (AvgIpc) is 2.69. The molecular weight excluding hydrogens is 465 g/mol. The first-order valence-electron chi connectivity index (χ1n) is 9.27. The second kappa shape index (κ2) is 13.3. The Morgan fingerprint density at radius 1 is 1.14 bits per heavy atom. The molecule has 2 aromatic rings. The molecule has 2 rings (SSSR count). The molecule has 0 fully saturated rings. The summed E-state index contributed by atoms with van der Waals surface area (Å²) in [6, 6.07) is 14.3. The number of anilines is 1. The van der Waals surface area contributed by atoms with Crippen LogP contribution < -0.4 is 15.5 Å². The van der Waals surface area contributed by atoms with Crippen molar-refractivity contribution in [3.8, 4) is 0 Å². The summed E-state index contributed by atoms with van der Waals surface area (Å²) in [5, 5.41) is 6.71. The van der Waals surface area contributed by atoms with Crippen LogP contribution in [-0.4, -0.2) is 45.2 Å². The van der Waals surface area contributed by atoms with E-state index in [1.807, 2.05) is 49.5 Å². The Bertz CT molecular complexity index is 709. The quantitative estimate of drug-likeness (QED) is 0.317. The molecule has 0 saturated carbocycles. The molecular formula is C21H32IN5O. The second-order valence-corrected chi connectivity index (χ2v) is 6.79. The predicted octanol–water partition coefficient (Wildman–Crippen LogP) is 3.28. The van der Waals surface area contributed by atoms with Gasteiger partial charge in [-0.1, -0.05) is 43.3 Å². The van der Waals surface area contributed by atoms with Crippen molar-refractivity contribution in [2.24, 2.45) is 10.9 Å². The van der Waals surface area contributed by atoms with E-state index in [-0.39, 0.29) is 24.0 Å². The van der Waals surface area contributed by atoms with Gasteiger partial charge in [0.05, 0.1) is 13.2 Å². The molecule has 0 spiro atoms. The van der Waals surface area contributed by atoms with Gasteiger partial charge in [-0.25, -0.2) is 4.98 Å². The number of nitrogens with zero attached hydrogens (tertiary/aromatic N) is 3. The van der Waals surface area contributed by atoms with Crippen LogP contribution in [0.15, 0.2) is 53.7 Å². The van der Waals surface area contributed by atoms with Crippen molar-refractivity contribution >= 4 is 35.8 Å². The molecule has 0 aliphatic heterocycles. The number of hydrogen-bond acceptors (Lipinski definition) is 4. The lowest BCUT2D eigenvalue weighted by Gasteiger charge is -2.19. The molecule has 0 bridgehead atoms. The van der Waals surface area contributed by atoms with Crippen LogP contribution in [0.5, 0.6) is 0 Å². The van der Waals surface area contributed by atoms with Gasteiger partial charge >= 0.3 is 0 Å². The third-order valence-corrected chi connectivity index (χ3v) is 4.09. The van der Waals surface area contributed by atoms with Crippen molar-refractivity contribution < 1.29 is 4.74 Å². The van der Waals surface area contributed by atoms with E-state index in [1.165, 1.54) is 5.56 Å². The summed E-state index contributed by atoms with van der Waals surface area (Å²) in [4.78, 5) is 10.7. The van der Waals surface area contributed by atoms with Gasteiger partial charge in [-0.05, 0) is 17.5 Å². The molecule has 1 unspecified atom stereocenters. The van der Waals surface area contributed by atoms with Crippen LogP contribution in [-0.2, 0) is 17.9 Å². The normalized spacial score (nSPS) is 12.1. The number of pyridine rings is 1. The molecule has 0 aliphatic rings. The minimum absolute atomic E-state index is 0. The summed E-state index contributed by atoms with van der Waals surface area (Å²) in [5.41, 5.74) is 2.33. The highest BCUT2D eigenvalue weighted by atomic mass is 127. The van der Waals surface area contributed by atoms with Crippen LogP contribution in [0.25, 0.3) is 0 Å². The zero-order chi connectivity index (χ0) is 19.5. The Balaban J connectivity index is 0.00000392. The Morgan fingerprint density at radius 3 is 2.57 bits per heavy atom. The van der Waals surface area contributed by atoms with Crippen LogP contribution in [0.3, 0.4) is 0 Å². The molecule has 0 amide bonds. The van der Waals surface area contributed by atoms with E-state index >= 15 is 0 Å². The summed E-state index contributed by atoms with van der Waals surface area (Å²) in [5.74, 6) is 2.12. The Labute approximate surface area is 185 Å². The van der Waals surface area contributed by atoms with E-state index < -0.39 is 0 Å². The summed E-state index contributed by atoms with van der Waals surface area (Å²) in [7, 11) is 5.77. The monoisotopic (exact) mass is 497 g/mol. The number of nitrogens with one attached hydrogen (secondary N) is 2. The summed E-state index contributed by atoms with van der Waals surface area (Å²) < 4.78 is 5.80. The predicted molar refractivity (Wildman–Crippen MR) is 127 cm³/mol. The SMILES string of the molecule is CN=C(NCc1cccnc1N(C)C)NCC(C)COCc1ccccc1.I. The maximum absolute atomic E-state index is 5.80. The number of benzene rings is 1. The molecule has 0 saturated heterocycles. The molecule has 1 heterocycles. The van der Waals surface area contributed by atoms with Crippen molar-refractivity contribution in [3.63, 3.8) is 0 Å². The molecule has 2 N–H and O–H groups in total. The maximum Gasteiger partial charge on any atom is 0.191 e. The first-order chi connectivity index (χ1) is 13.1. The summed E-state index contributed by atoms with van der Waals surface area (Å²) in [6.07, 6.45) is 1.81. The van der Waals surface area contributed by atoms with E-state index in [0.717, 1.165) is 23.9 Å². The highest BCUT2D eigenvalue weighted by molar-refractivity contribution is 14.0. The highest BCUT2D eigenvalue weighted by Gasteiger charge is 2.08. The van der Waals surface area contributed by atoms with E-state index in [1.54, 1.807) is 7.05 Å². The van der Waals surface area contributed by atoms with Crippen LogP contribution in [0.1, 0.15) is 18.1 Å². The van der Waals surface area contributed by atoms with Gasteiger partial charge in [0.25, 0.3) is 0 Å². The standard InChI is InChI=1S/C21H31N5O.HI/c1-17(15-27-16-18-9-6-5-7-10-18)13-24-21(22-2)25-14-19-11-8-12-23-20(19)26(3)4;/h5-12,17H,13-16H2,1-4H3,(H2,22,24,25);1H. The first-order valence-corrected chi connectivity index (χ1v) is 9.27. The molecule has 1 atom stereocenters. The fraction of sp³-hybridized carbons (Fsp3) is 0.429. The number of aromatic nitrogens is 1. The maximum atomic E-state index is 5.80. The lowest BCUT2D eigenvalue weighted by molar-refractivity contribution is 0.0931. The molecule has 0 radical (unpaired) electrons.